The number of anilines is 1. The average Bonchev–Trinajstić information content (AvgIpc) is 2.64. The molecule has 0 bridgehead atoms. The molecule has 1 aromatic carbocycles. The molecule has 2 saturated heterocycles. The van der Waals surface area contributed by atoms with Crippen LogP contribution < -0.4 is 4.90 Å². The van der Waals surface area contributed by atoms with Gasteiger partial charge in [0.05, 0.1) is 5.69 Å². The highest BCUT2D eigenvalue weighted by Crippen LogP contribution is 2.31. The molecule has 0 spiro atoms. The fourth-order valence-electron chi connectivity index (χ4n) is 2.29. The topological polar surface area (TPSA) is 40.6 Å². The molecule has 2 aliphatic rings. The molecule has 0 saturated carbocycles. The first-order chi connectivity index (χ1) is 9.09. The maximum Gasteiger partial charge on any atom is 0.332 e. The van der Waals surface area contributed by atoms with Gasteiger partial charge in [-0.05, 0) is 12.1 Å². The van der Waals surface area contributed by atoms with Crippen molar-refractivity contribution in [2.24, 2.45) is 0 Å². The van der Waals surface area contributed by atoms with Gasteiger partial charge in [-0.15, -0.1) is 0 Å². The van der Waals surface area contributed by atoms with Crippen LogP contribution in [-0.2, 0) is 4.79 Å². The Bertz CT molecular complexity index is 543. The van der Waals surface area contributed by atoms with Gasteiger partial charge in [0.1, 0.15) is 17.7 Å². The van der Waals surface area contributed by atoms with Crippen LogP contribution in [-0.4, -0.2) is 40.9 Å². The zero-order chi connectivity index (χ0) is 13.6. The lowest BCUT2D eigenvalue weighted by Crippen LogP contribution is -2.41. The molecule has 3 rings (SSSR count). The van der Waals surface area contributed by atoms with Crippen molar-refractivity contribution in [2.45, 2.75) is 6.04 Å². The predicted octanol–water partition coefficient (Wildman–Crippen LogP) is 1.85. The van der Waals surface area contributed by atoms with E-state index in [9.17, 15) is 18.4 Å². The second kappa shape index (κ2) is 4.48. The summed E-state index contributed by atoms with van der Waals surface area (Å²) in [5, 5.41) is 0. The van der Waals surface area contributed by atoms with Gasteiger partial charge >= 0.3 is 6.03 Å². The second-order valence-electron chi connectivity index (χ2n) is 4.34. The lowest BCUT2D eigenvalue weighted by atomic mass is 10.2. The van der Waals surface area contributed by atoms with E-state index in [4.69, 9.17) is 0 Å². The Labute approximate surface area is 112 Å². The summed E-state index contributed by atoms with van der Waals surface area (Å²) < 4.78 is 26.6. The van der Waals surface area contributed by atoms with Gasteiger partial charge in [-0.3, -0.25) is 4.79 Å². The van der Waals surface area contributed by atoms with Gasteiger partial charge in [-0.1, -0.05) is 0 Å². The minimum atomic E-state index is -0.908. The molecule has 1 aromatic rings. The molecule has 0 N–H and O–H groups in total. The van der Waals surface area contributed by atoms with Crippen LogP contribution in [0, 0.1) is 11.6 Å². The fourth-order valence-corrected chi connectivity index (χ4v) is 3.33. The molecule has 19 heavy (non-hydrogen) atoms. The van der Waals surface area contributed by atoms with Gasteiger partial charge in [0.25, 0.3) is 5.91 Å². The summed E-state index contributed by atoms with van der Waals surface area (Å²) in [6.07, 6.45) is 0. The Hall–Kier alpha value is -1.63. The Balaban J connectivity index is 2.00. The van der Waals surface area contributed by atoms with E-state index in [0.29, 0.717) is 18.4 Å². The molecular weight excluding hydrogens is 274 g/mol. The van der Waals surface area contributed by atoms with Crippen molar-refractivity contribution in [1.82, 2.24) is 4.90 Å². The second-order valence-corrected chi connectivity index (χ2v) is 5.49. The number of hydrogen-bond donors (Lipinski definition) is 0. The molecule has 7 heteroatoms. The first-order valence-corrected chi connectivity index (χ1v) is 6.92. The summed E-state index contributed by atoms with van der Waals surface area (Å²) in [7, 11) is 0. The number of hydrogen-bond acceptors (Lipinski definition) is 3. The van der Waals surface area contributed by atoms with E-state index in [2.05, 4.69) is 0 Å². The summed E-state index contributed by atoms with van der Waals surface area (Å²) in [4.78, 5) is 26.6. The van der Waals surface area contributed by atoms with Crippen molar-refractivity contribution in [3.05, 3.63) is 29.8 Å². The predicted molar refractivity (Wildman–Crippen MR) is 67.1 cm³/mol. The highest BCUT2D eigenvalue weighted by molar-refractivity contribution is 7.99. The van der Waals surface area contributed by atoms with Crippen molar-refractivity contribution >= 4 is 29.4 Å². The maximum absolute atomic E-state index is 13.7. The molecule has 1 atom stereocenters. The van der Waals surface area contributed by atoms with Crippen LogP contribution in [0.25, 0.3) is 0 Å². The zero-order valence-electron chi connectivity index (χ0n) is 9.81. The largest absolute Gasteiger partial charge is 0.332 e. The number of thioether (sulfide) groups is 1. The molecule has 2 aliphatic heterocycles. The van der Waals surface area contributed by atoms with Crippen molar-refractivity contribution < 1.29 is 18.4 Å². The number of carbonyl (C=O) groups excluding carboxylic acids is 2. The molecule has 3 amide bonds. The van der Waals surface area contributed by atoms with Crippen molar-refractivity contribution in [3.8, 4) is 0 Å². The summed E-state index contributed by atoms with van der Waals surface area (Å²) in [6.45, 7) is 0.471. The van der Waals surface area contributed by atoms with Gasteiger partial charge in [0.2, 0.25) is 0 Å². The molecule has 100 valence electrons. The lowest BCUT2D eigenvalue weighted by molar-refractivity contribution is -0.119. The monoisotopic (exact) mass is 284 g/mol. The van der Waals surface area contributed by atoms with Crippen LogP contribution in [0.2, 0.25) is 0 Å². The minimum Gasteiger partial charge on any atom is -0.310 e. The summed E-state index contributed by atoms with van der Waals surface area (Å²) >= 11 is 1.59. The van der Waals surface area contributed by atoms with Crippen LogP contribution in [0.4, 0.5) is 19.3 Å². The maximum atomic E-state index is 13.7. The van der Waals surface area contributed by atoms with E-state index < -0.39 is 29.6 Å². The van der Waals surface area contributed by atoms with E-state index in [1.807, 2.05) is 0 Å². The first kappa shape index (κ1) is 12.4. The molecule has 0 aromatic heterocycles. The fraction of sp³-hybridized carbons (Fsp3) is 0.333. The van der Waals surface area contributed by atoms with E-state index in [-0.39, 0.29) is 5.69 Å². The summed E-state index contributed by atoms with van der Waals surface area (Å²) in [5.74, 6) is -0.815. The molecular formula is C12H10F2N2O2S. The van der Waals surface area contributed by atoms with Crippen LogP contribution in [0.15, 0.2) is 18.2 Å². The highest BCUT2D eigenvalue weighted by atomic mass is 32.2. The van der Waals surface area contributed by atoms with Crippen molar-refractivity contribution in [3.63, 3.8) is 0 Å². The van der Waals surface area contributed by atoms with Crippen LogP contribution in [0.3, 0.4) is 0 Å². The van der Waals surface area contributed by atoms with Gasteiger partial charge in [-0.25, -0.2) is 18.5 Å². The first-order valence-electron chi connectivity index (χ1n) is 5.77. The van der Waals surface area contributed by atoms with Crippen LogP contribution >= 0.6 is 11.8 Å². The Morgan fingerprint density at radius 3 is 2.74 bits per heavy atom. The number of nitrogens with zero attached hydrogens (tertiary/aromatic N) is 2. The number of benzene rings is 1. The minimum absolute atomic E-state index is 0.184. The summed E-state index contributed by atoms with van der Waals surface area (Å²) in [5.41, 5.74) is -0.184. The molecule has 1 unspecified atom stereocenters. The van der Waals surface area contributed by atoms with E-state index >= 15 is 0 Å². The van der Waals surface area contributed by atoms with Gasteiger partial charge in [-0.2, -0.15) is 11.8 Å². The Morgan fingerprint density at radius 1 is 1.26 bits per heavy atom. The van der Waals surface area contributed by atoms with Crippen LogP contribution in [0.1, 0.15) is 0 Å². The third-order valence-electron chi connectivity index (χ3n) is 3.22. The highest BCUT2D eigenvalue weighted by Gasteiger charge is 2.47. The Kier molecular flexibility index (Phi) is 2.93. The third kappa shape index (κ3) is 1.88. The molecule has 2 heterocycles. The number of imide groups is 1. The van der Waals surface area contributed by atoms with E-state index in [1.54, 1.807) is 11.8 Å². The number of carbonyl (C=O) groups is 2. The van der Waals surface area contributed by atoms with E-state index in [1.165, 1.54) is 4.90 Å². The molecule has 4 nitrogen and oxygen atoms in total. The Morgan fingerprint density at radius 2 is 2.05 bits per heavy atom. The third-order valence-corrected chi connectivity index (χ3v) is 4.24. The SMILES string of the molecule is O=C1C2CSCCN2C(=O)N1c1ccc(F)cc1F. The summed E-state index contributed by atoms with van der Waals surface area (Å²) in [6, 6.07) is 1.76. The van der Waals surface area contributed by atoms with Gasteiger partial charge in [0, 0.05) is 24.1 Å². The molecule has 0 aliphatic carbocycles. The number of fused-ring (bicyclic) bond motifs is 1. The molecule has 2 fully saturated rings. The quantitative estimate of drug-likeness (QED) is 0.739. The number of urea groups is 1. The van der Waals surface area contributed by atoms with Crippen molar-refractivity contribution in [1.29, 1.82) is 0 Å². The van der Waals surface area contributed by atoms with Crippen molar-refractivity contribution in [2.75, 3.05) is 23.0 Å². The number of halogens is 2. The average molecular weight is 284 g/mol. The normalized spacial score (nSPS) is 22.9. The molecule has 0 radical (unpaired) electrons. The van der Waals surface area contributed by atoms with E-state index in [0.717, 1.165) is 22.8 Å². The van der Waals surface area contributed by atoms with Crippen LogP contribution in [0.5, 0.6) is 0 Å². The number of rotatable bonds is 1. The van der Waals surface area contributed by atoms with Gasteiger partial charge < -0.3 is 4.90 Å². The number of amides is 3. The standard InChI is InChI=1S/C12H10F2N2O2S/c13-7-1-2-9(8(14)5-7)16-11(17)10-6-19-4-3-15(10)12(16)18/h1-2,5,10H,3-4,6H2. The zero-order valence-corrected chi connectivity index (χ0v) is 10.6. The van der Waals surface area contributed by atoms with Gasteiger partial charge in [0.15, 0.2) is 0 Å². The smallest absolute Gasteiger partial charge is 0.310 e. The lowest BCUT2D eigenvalue weighted by Gasteiger charge is -2.25.